The van der Waals surface area contributed by atoms with E-state index >= 15 is 0 Å². The minimum atomic E-state index is 0.171. The third-order valence-electron chi connectivity index (χ3n) is 4.79. The first kappa shape index (κ1) is 17.6. The highest BCUT2D eigenvalue weighted by Crippen LogP contribution is 2.37. The molecule has 3 nitrogen and oxygen atoms in total. The summed E-state index contributed by atoms with van der Waals surface area (Å²) in [7, 11) is 0. The molecule has 1 saturated heterocycles. The summed E-state index contributed by atoms with van der Waals surface area (Å²) in [5, 5.41) is 3.41. The van der Waals surface area contributed by atoms with Crippen LogP contribution in [0, 0.1) is 6.92 Å². The molecule has 0 bridgehead atoms. The fourth-order valence-electron chi connectivity index (χ4n) is 3.67. The Hall–Kier alpha value is -2.26. The monoisotopic (exact) mass is 334 g/mol. The highest BCUT2D eigenvalue weighted by molar-refractivity contribution is 6.05. The van der Waals surface area contributed by atoms with Gasteiger partial charge in [-0.25, -0.2) is 0 Å². The first-order valence-electron chi connectivity index (χ1n) is 9.25. The summed E-state index contributed by atoms with van der Waals surface area (Å²) in [4.78, 5) is 17.3. The normalized spacial score (nSPS) is 16.4. The Kier molecular flexibility index (Phi) is 5.44. The molecule has 0 radical (unpaired) electrons. The molecular weight excluding hydrogens is 308 g/mol. The fraction of sp³-hybridized carbons (Fsp3) is 0.364. The molecule has 130 valence electrons. The van der Waals surface area contributed by atoms with Crippen LogP contribution in [-0.2, 0) is 6.42 Å². The molecule has 1 aromatic heterocycles. The third-order valence-corrected chi connectivity index (χ3v) is 4.79. The van der Waals surface area contributed by atoms with Gasteiger partial charge in [0.25, 0.3) is 0 Å². The van der Waals surface area contributed by atoms with Crippen LogP contribution in [-0.4, -0.2) is 23.9 Å². The molecule has 1 N–H and O–H groups in total. The van der Waals surface area contributed by atoms with Gasteiger partial charge >= 0.3 is 0 Å². The van der Waals surface area contributed by atoms with Crippen molar-refractivity contribution >= 4 is 11.4 Å². The van der Waals surface area contributed by atoms with Crippen molar-refractivity contribution in [1.82, 2.24) is 10.3 Å². The molecule has 0 amide bonds. The summed E-state index contributed by atoms with van der Waals surface area (Å²) < 4.78 is 0. The Labute approximate surface area is 150 Å². The van der Waals surface area contributed by atoms with Crippen LogP contribution < -0.4 is 5.32 Å². The van der Waals surface area contributed by atoms with Crippen molar-refractivity contribution < 1.29 is 4.79 Å². The second kappa shape index (κ2) is 7.75. The van der Waals surface area contributed by atoms with E-state index in [4.69, 9.17) is 0 Å². The summed E-state index contributed by atoms with van der Waals surface area (Å²) in [6, 6.07) is 10.2. The van der Waals surface area contributed by atoms with E-state index in [9.17, 15) is 4.79 Å². The lowest BCUT2D eigenvalue weighted by Gasteiger charge is -2.21. The number of carbonyl (C=O) groups excluding carboxylic acids is 1. The van der Waals surface area contributed by atoms with E-state index in [1.807, 2.05) is 26.0 Å². The first-order chi connectivity index (χ1) is 12.2. The van der Waals surface area contributed by atoms with Gasteiger partial charge in [0.05, 0.1) is 5.69 Å². The topological polar surface area (TPSA) is 42.0 Å². The van der Waals surface area contributed by atoms with E-state index in [1.165, 1.54) is 22.3 Å². The van der Waals surface area contributed by atoms with Crippen LogP contribution in [0.2, 0.25) is 0 Å². The number of rotatable bonds is 0. The molecule has 0 spiro atoms. The largest absolute Gasteiger partial charge is 0.316 e. The van der Waals surface area contributed by atoms with Gasteiger partial charge < -0.3 is 5.32 Å². The summed E-state index contributed by atoms with van der Waals surface area (Å²) in [6.07, 6.45) is 4.30. The quantitative estimate of drug-likeness (QED) is 0.779. The summed E-state index contributed by atoms with van der Waals surface area (Å²) >= 11 is 0. The van der Waals surface area contributed by atoms with E-state index < -0.39 is 0 Å². The van der Waals surface area contributed by atoms with Crippen molar-refractivity contribution in [3.05, 3.63) is 70.0 Å². The number of carbonyl (C=O) groups is 1. The van der Waals surface area contributed by atoms with Gasteiger partial charge in [-0.05, 0) is 56.1 Å². The molecule has 25 heavy (non-hydrogen) atoms. The van der Waals surface area contributed by atoms with Crippen LogP contribution in [0.4, 0.5) is 0 Å². The number of pyridine rings is 1. The lowest BCUT2D eigenvalue weighted by atomic mass is 9.88. The number of nitrogens with one attached hydrogen (secondary N) is 1. The number of aryl methyl sites for hydroxylation is 1. The van der Waals surface area contributed by atoms with Crippen LogP contribution in [0.15, 0.2) is 42.1 Å². The molecule has 2 aromatic rings. The van der Waals surface area contributed by atoms with Crippen LogP contribution in [0.25, 0.3) is 5.57 Å². The van der Waals surface area contributed by atoms with Crippen molar-refractivity contribution in [1.29, 1.82) is 0 Å². The van der Waals surface area contributed by atoms with E-state index in [1.54, 1.807) is 6.20 Å². The second-order valence-corrected chi connectivity index (χ2v) is 6.39. The SMILES string of the molecule is CC.Cc1ccc2c(c1)CC(=O)c1cccnc1C2=C1CCNCC1. The number of aromatic nitrogens is 1. The average molecular weight is 334 g/mol. The lowest BCUT2D eigenvalue weighted by molar-refractivity contribution is 0.0993. The summed E-state index contributed by atoms with van der Waals surface area (Å²) in [6.45, 7) is 8.07. The number of fused-ring (bicyclic) bond motifs is 2. The van der Waals surface area contributed by atoms with Gasteiger partial charge in [0.2, 0.25) is 0 Å². The van der Waals surface area contributed by atoms with Crippen LogP contribution in [0.3, 0.4) is 0 Å². The maximum absolute atomic E-state index is 12.7. The third kappa shape index (κ3) is 3.42. The number of benzene rings is 1. The van der Waals surface area contributed by atoms with Crippen molar-refractivity contribution in [2.24, 2.45) is 0 Å². The Bertz CT molecular complexity index is 813. The Morgan fingerprint density at radius 1 is 1.04 bits per heavy atom. The molecule has 0 atom stereocenters. The molecule has 1 aliphatic carbocycles. The number of ketones is 1. The smallest absolute Gasteiger partial charge is 0.169 e. The summed E-state index contributed by atoms with van der Waals surface area (Å²) in [5.74, 6) is 0.171. The second-order valence-electron chi connectivity index (χ2n) is 6.39. The highest BCUT2D eigenvalue weighted by Gasteiger charge is 2.27. The number of nitrogens with zero attached hydrogens (tertiary/aromatic N) is 1. The van der Waals surface area contributed by atoms with Gasteiger partial charge in [-0.2, -0.15) is 0 Å². The minimum absolute atomic E-state index is 0.171. The van der Waals surface area contributed by atoms with Crippen molar-refractivity contribution in [3.8, 4) is 0 Å². The van der Waals surface area contributed by atoms with Crippen LogP contribution in [0.5, 0.6) is 0 Å². The van der Waals surface area contributed by atoms with Crippen LogP contribution >= 0.6 is 0 Å². The van der Waals surface area contributed by atoms with E-state index in [2.05, 4.69) is 35.4 Å². The van der Waals surface area contributed by atoms with Gasteiger partial charge in [-0.3, -0.25) is 9.78 Å². The maximum atomic E-state index is 12.7. The molecule has 2 heterocycles. The lowest BCUT2D eigenvalue weighted by Crippen LogP contribution is -2.24. The first-order valence-corrected chi connectivity index (χ1v) is 9.25. The molecule has 0 saturated carbocycles. The molecule has 1 aliphatic heterocycles. The van der Waals surface area contributed by atoms with E-state index in [0.29, 0.717) is 6.42 Å². The average Bonchev–Trinajstić information content (AvgIpc) is 2.78. The van der Waals surface area contributed by atoms with Gasteiger partial charge in [0.15, 0.2) is 5.78 Å². The molecule has 1 fully saturated rings. The minimum Gasteiger partial charge on any atom is -0.316 e. The molecule has 3 heteroatoms. The zero-order valence-electron chi connectivity index (χ0n) is 15.4. The predicted molar refractivity (Wildman–Crippen MR) is 103 cm³/mol. The van der Waals surface area contributed by atoms with Crippen molar-refractivity contribution in [3.63, 3.8) is 0 Å². The number of Topliss-reactive ketones (excluding diaryl/α,β-unsaturated/α-hetero) is 1. The highest BCUT2D eigenvalue weighted by atomic mass is 16.1. The molecule has 4 rings (SSSR count). The number of piperidine rings is 1. The fourth-order valence-corrected chi connectivity index (χ4v) is 3.67. The Balaban J connectivity index is 0.000000880. The zero-order chi connectivity index (χ0) is 17.8. The van der Waals surface area contributed by atoms with Gasteiger partial charge in [-0.15, -0.1) is 0 Å². The van der Waals surface area contributed by atoms with E-state index in [0.717, 1.165) is 42.8 Å². The Morgan fingerprint density at radius 3 is 2.56 bits per heavy atom. The maximum Gasteiger partial charge on any atom is 0.169 e. The van der Waals surface area contributed by atoms with Gasteiger partial charge in [-0.1, -0.05) is 43.2 Å². The summed E-state index contributed by atoms with van der Waals surface area (Å²) in [5.41, 5.74) is 7.78. The zero-order valence-corrected chi connectivity index (χ0v) is 15.4. The van der Waals surface area contributed by atoms with E-state index in [-0.39, 0.29) is 5.78 Å². The molecular formula is C22H26N2O. The Morgan fingerprint density at radius 2 is 1.80 bits per heavy atom. The standard InChI is InChI=1S/C20H20N2O.C2H6/c1-13-4-5-16-15(11-13)12-18(23)17-3-2-8-22-20(17)19(16)14-6-9-21-10-7-14;1-2/h2-5,8,11,21H,6-7,9-10,12H2,1H3;1-2H3. The molecule has 0 unspecified atom stereocenters. The molecule has 2 aliphatic rings. The number of hydrogen-bond acceptors (Lipinski definition) is 3. The van der Waals surface area contributed by atoms with Gasteiger partial charge in [0.1, 0.15) is 0 Å². The van der Waals surface area contributed by atoms with Crippen LogP contribution in [0.1, 0.15) is 59.4 Å². The predicted octanol–water partition coefficient (Wildman–Crippen LogP) is 4.34. The van der Waals surface area contributed by atoms with Crippen molar-refractivity contribution in [2.45, 2.75) is 40.0 Å². The molecule has 1 aromatic carbocycles. The van der Waals surface area contributed by atoms with Crippen molar-refractivity contribution in [2.75, 3.05) is 13.1 Å². The van der Waals surface area contributed by atoms with Gasteiger partial charge in [0, 0.05) is 23.8 Å². The number of hydrogen-bond donors (Lipinski definition) is 1.